The lowest BCUT2D eigenvalue weighted by Gasteiger charge is -2.36. The second-order valence-corrected chi connectivity index (χ2v) is 5.59. The van der Waals surface area contributed by atoms with Crippen molar-refractivity contribution in [3.63, 3.8) is 0 Å². The zero-order valence-corrected chi connectivity index (χ0v) is 11.9. The minimum Gasteiger partial charge on any atom is -0.480 e. The second-order valence-electron chi connectivity index (χ2n) is 5.18. The van der Waals surface area contributed by atoms with E-state index in [1.807, 2.05) is 20.8 Å². The molecule has 1 aromatic carbocycles. The van der Waals surface area contributed by atoms with E-state index in [1.54, 1.807) is 17.0 Å². The highest BCUT2D eigenvalue weighted by Gasteiger charge is 2.24. The number of rotatable bonds is 4. The van der Waals surface area contributed by atoms with E-state index in [-0.39, 0.29) is 17.1 Å². The van der Waals surface area contributed by atoms with E-state index >= 15 is 0 Å². The van der Waals surface area contributed by atoms with Gasteiger partial charge in [0.15, 0.2) is 0 Å². The molecule has 0 aromatic heterocycles. The number of halogens is 1. The van der Waals surface area contributed by atoms with Gasteiger partial charge >= 0.3 is 5.97 Å². The van der Waals surface area contributed by atoms with Gasteiger partial charge in [-0.15, -0.1) is 0 Å². The van der Waals surface area contributed by atoms with Gasteiger partial charge in [0, 0.05) is 11.2 Å². The van der Waals surface area contributed by atoms with Crippen molar-refractivity contribution in [3.05, 3.63) is 28.8 Å². The zero-order chi connectivity index (χ0) is 14.8. The van der Waals surface area contributed by atoms with Gasteiger partial charge in [0.1, 0.15) is 6.54 Å². The summed E-state index contributed by atoms with van der Waals surface area (Å²) in [6.07, 6.45) is 0. The van der Waals surface area contributed by atoms with Gasteiger partial charge in [-0.1, -0.05) is 11.6 Å². The summed E-state index contributed by atoms with van der Waals surface area (Å²) in [5.74, 6) is -1.55. The third-order valence-corrected chi connectivity index (χ3v) is 2.95. The Kier molecular flexibility index (Phi) is 4.42. The quantitative estimate of drug-likeness (QED) is 0.887. The van der Waals surface area contributed by atoms with Crippen LogP contribution in [-0.4, -0.2) is 29.1 Å². The van der Waals surface area contributed by atoms with Crippen LogP contribution in [0.4, 0.5) is 5.69 Å². The molecule has 0 unspecified atom stereocenters. The Morgan fingerprint density at radius 3 is 2.32 bits per heavy atom. The van der Waals surface area contributed by atoms with Crippen LogP contribution in [0, 0.1) is 0 Å². The van der Waals surface area contributed by atoms with E-state index in [4.69, 9.17) is 22.4 Å². The number of anilines is 1. The van der Waals surface area contributed by atoms with Crippen LogP contribution in [0.25, 0.3) is 0 Å². The smallest absolute Gasteiger partial charge is 0.323 e. The number of carboxylic acids is 1. The Balaban J connectivity index is 3.21. The molecular formula is C13H17ClN2O3. The van der Waals surface area contributed by atoms with Gasteiger partial charge in [-0.3, -0.25) is 9.59 Å². The summed E-state index contributed by atoms with van der Waals surface area (Å²) < 4.78 is 0. The number of amides is 1. The molecule has 3 N–H and O–H groups in total. The van der Waals surface area contributed by atoms with Crippen molar-refractivity contribution in [2.24, 2.45) is 5.73 Å². The van der Waals surface area contributed by atoms with Gasteiger partial charge in [-0.25, -0.2) is 0 Å². The van der Waals surface area contributed by atoms with Gasteiger partial charge < -0.3 is 15.7 Å². The van der Waals surface area contributed by atoms with Gasteiger partial charge in [-0.05, 0) is 39.0 Å². The fourth-order valence-electron chi connectivity index (χ4n) is 1.72. The van der Waals surface area contributed by atoms with Gasteiger partial charge in [0.05, 0.1) is 10.6 Å². The van der Waals surface area contributed by atoms with Crippen molar-refractivity contribution in [2.75, 3.05) is 11.4 Å². The topological polar surface area (TPSA) is 83.6 Å². The third kappa shape index (κ3) is 3.86. The predicted octanol–water partition coefficient (Wildman–Crippen LogP) is 2.13. The normalized spacial score (nSPS) is 11.2. The average molecular weight is 285 g/mol. The minimum absolute atomic E-state index is 0.157. The molecule has 19 heavy (non-hydrogen) atoms. The maximum atomic E-state index is 11.1. The maximum absolute atomic E-state index is 11.1. The van der Waals surface area contributed by atoms with Crippen LogP contribution >= 0.6 is 11.6 Å². The number of carboxylic acid groups (broad SMARTS) is 1. The Hall–Kier alpha value is -1.75. The molecule has 0 aliphatic carbocycles. The first kappa shape index (κ1) is 15.3. The molecule has 0 aliphatic rings. The van der Waals surface area contributed by atoms with E-state index in [2.05, 4.69) is 0 Å². The fourth-order valence-corrected chi connectivity index (χ4v) is 1.99. The summed E-state index contributed by atoms with van der Waals surface area (Å²) in [5.41, 5.74) is 5.63. The molecule has 0 atom stereocenters. The molecule has 0 heterocycles. The number of carbonyl (C=O) groups is 2. The predicted molar refractivity (Wildman–Crippen MR) is 74.7 cm³/mol. The molecule has 0 spiro atoms. The first-order chi connectivity index (χ1) is 8.62. The van der Waals surface area contributed by atoms with Crippen molar-refractivity contribution in [3.8, 4) is 0 Å². The van der Waals surface area contributed by atoms with E-state index in [9.17, 15) is 9.59 Å². The summed E-state index contributed by atoms with van der Waals surface area (Å²) in [6, 6.07) is 4.69. The Morgan fingerprint density at radius 2 is 1.95 bits per heavy atom. The molecule has 1 amide bonds. The lowest BCUT2D eigenvalue weighted by Crippen LogP contribution is -2.44. The SMILES string of the molecule is CC(C)(C)N(CC(=O)O)c1ccc(C(N)=O)c(Cl)c1. The lowest BCUT2D eigenvalue weighted by molar-refractivity contribution is -0.135. The number of primary amides is 1. The standard InChI is InChI=1S/C13H17ClN2O3/c1-13(2,3)16(7-11(17)18)8-4-5-9(12(15)19)10(14)6-8/h4-6H,7H2,1-3H3,(H2,15,19)(H,17,18). The molecule has 0 saturated heterocycles. The molecule has 1 rings (SSSR count). The highest BCUT2D eigenvalue weighted by molar-refractivity contribution is 6.34. The average Bonchev–Trinajstić information content (AvgIpc) is 2.23. The van der Waals surface area contributed by atoms with Crippen LogP contribution in [0.3, 0.4) is 0 Å². The van der Waals surface area contributed by atoms with E-state index in [1.165, 1.54) is 6.07 Å². The van der Waals surface area contributed by atoms with Crippen LogP contribution in [0.5, 0.6) is 0 Å². The van der Waals surface area contributed by atoms with Crippen LogP contribution in [0.15, 0.2) is 18.2 Å². The van der Waals surface area contributed by atoms with Crippen molar-refractivity contribution in [2.45, 2.75) is 26.3 Å². The molecule has 0 aliphatic heterocycles. The van der Waals surface area contributed by atoms with Crippen molar-refractivity contribution in [1.82, 2.24) is 0 Å². The number of hydrogen-bond acceptors (Lipinski definition) is 3. The molecule has 5 nitrogen and oxygen atoms in total. The summed E-state index contributed by atoms with van der Waals surface area (Å²) >= 11 is 5.98. The number of nitrogens with zero attached hydrogens (tertiary/aromatic N) is 1. The first-order valence-corrected chi connectivity index (χ1v) is 6.09. The van der Waals surface area contributed by atoms with E-state index in [0.717, 1.165) is 0 Å². The lowest BCUT2D eigenvalue weighted by atomic mass is 10.0. The van der Waals surface area contributed by atoms with Crippen LogP contribution in [-0.2, 0) is 4.79 Å². The van der Waals surface area contributed by atoms with Gasteiger partial charge in [-0.2, -0.15) is 0 Å². The molecule has 0 radical (unpaired) electrons. The number of hydrogen-bond donors (Lipinski definition) is 2. The minimum atomic E-state index is -0.940. The van der Waals surface area contributed by atoms with Crippen LogP contribution in [0.1, 0.15) is 31.1 Å². The number of aliphatic carboxylic acids is 1. The van der Waals surface area contributed by atoms with Crippen molar-refractivity contribution >= 4 is 29.2 Å². The second kappa shape index (κ2) is 5.48. The van der Waals surface area contributed by atoms with Crippen molar-refractivity contribution in [1.29, 1.82) is 0 Å². The summed E-state index contributed by atoms with van der Waals surface area (Å²) in [6.45, 7) is 5.53. The fraction of sp³-hybridized carbons (Fsp3) is 0.385. The van der Waals surface area contributed by atoms with Crippen LogP contribution in [0.2, 0.25) is 5.02 Å². The summed E-state index contributed by atoms with van der Waals surface area (Å²) in [5, 5.41) is 9.18. The number of benzene rings is 1. The Morgan fingerprint density at radius 1 is 1.37 bits per heavy atom. The van der Waals surface area contributed by atoms with Crippen LogP contribution < -0.4 is 10.6 Å². The van der Waals surface area contributed by atoms with Crippen molar-refractivity contribution < 1.29 is 14.7 Å². The summed E-state index contributed by atoms with van der Waals surface area (Å²) in [7, 11) is 0. The first-order valence-electron chi connectivity index (χ1n) is 5.71. The largest absolute Gasteiger partial charge is 0.480 e. The Labute approximate surface area is 117 Å². The van der Waals surface area contributed by atoms with E-state index in [0.29, 0.717) is 5.69 Å². The molecule has 1 aromatic rings. The molecule has 0 saturated carbocycles. The molecule has 0 bridgehead atoms. The van der Waals surface area contributed by atoms with Gasteiger partial charge in [0.25, 0.3) is 0 Å². The third-order valence-electron chi connectivity index (χ3n) is 2.63. The highest BCUT2D eigenvalue weighted by Crippen LogP contribution is 2.28. The highest BCUT2D eigenvalue weighted by atomic mass is 35.5. The number of carbonyl (C=O) groups excluding carboxylic acids is 1. The number of nitrogens with two attached hydrogens (primary N) is 1. The molecular weight excluding hydrogens is 268 g/mol. The zero-order valence-electron chi connectivity index (χ0n) is 11.1. The van der Waals surface area contributed by atoms with Gasteiger partial charge in [0.2, 0.25) is 5.91 Å². The summed E-state index contributed by atoms with van der Waals surface area (Å²) in [4.78, 5) is 23.7. The molecule has 6 heteroatoms. The van der Waals surface area contributed by atoms with E-state index < -0.39 is 17.4 Å². The molecule has 104 valence electrons. The monoisotopic (exact) mass is 284 g/mol. The Bertz CT molecular complexity index is 509. The molecule has 0 fully saturated rings. The maximum Gasteiger partial charge on any atom is 0.323 e.